The van der Waals surface area contributed by atoms with Crippen LogP contribution in [-0.2, 0) is 28.6 Å². The summed E-state index contributed by atoms with van der Waals surface area (Å²) in [6, 6.07) is 0. The van der Waals surface area contributed by atoms with Crippen LogP contribution in [0.2, 0.25) is 0 Å². The highest BCUT2D eigenvalue weighted by atomic mass is 16.6. The largest absolute Gasteiger partial charge is 0.465 e. The van der Waals surface area contributed by atoms with Crippen LogP contribution >= 0.6 is 0 Å². The first-order valence-corrected chi connectivity index (χ1v) is 11.1. The molecule has 1 aliphatic carbocycles. The molecule has 0 bridgehead atoms. The van der Waals surface area contributed by atoms with E-state index in [4.69, 9.17) is 14.2 Å². The Labute approximate surface area is 175 Å². The van der Waals surface area contributed by atoms with E-state index in [1.165, 1.54) is 6.42 Å². The van der Waals surface area contributed by atoms with Gasteiger partial charge < -0.3 is 14.2 Å². The molecule has 0 aromatic rings. The van der Waals surface area contributed by atoms with Crippen molar-refractivity contribution >= 4 is 17.9 Å². The van der Waals surface area contributed by atoms with Gasteiger partial charge in [-0.05, 0) is 38.0 Å². The lowest BCUT2D eigenvalue weighted by Gasteiger charge is -2.39. The van der Waals surface area contributed by atoms with Gasteiger partial charge in [0.15, 0.2) is 0 Å². The number of ether oxygens (including phenoxy) is 3. The van der Waals surface area contributed by atoms with Crippen molar-refractivity contribution in [1.82, 2.24) is 0 Å². The zero-order chi connectivity index (χ0) is 21.7. The maximum atomic E-state index is 13.0. The van der Waals surface area contributed by atoms with E-state index in [2.05, 4.69) is 20.4 Å². The van der Waals surface area contributed by atoms with E-state index < -0.39 is 29.4 Å². The van der Waals surface area contributed by atoms with Gasteiger partial charge in [-0.25, -0.2) is 9.59 Å². The summed E-state index contributed by atoms with van der Waals surface area (Å²) in [4.78, 5) is 37.6. The van der Waals surface area contributed by atoms with E-state index in [1.54, 1.807) is 0 Å². The molecule has 0 aromatic carbocycles. The second kappa shape index (κ2) is 13.4. The monoisotopic (exact) mass is 410 g/mol. The number of unbranched alkanes of at least 4 members (excludes halogenated alkanes) is 3. The zero-order valence-electron chi connectivity index (χ0n) is 18.4. The molecule has 29 heavy (non-hydrogen) atoms. The highest BCUT2D eigenvalue weighted by Crippen LogP contribution is 2.39. The number of hydrogen-bond donors (Lipinski definition) is 0. The van der Waals surface area contributed by atoms with Crippen LogP contribution in [0, 0.1) is 11.8 Å². The summed E-state index contributed by atoms with van der Waals surface area (Å²) < 4.78 is 16.3. The molecule has 1 aliphatic rings. The fraction of sp³-hybridized carbons (Fsp3) is 0.783. The van der Waals surface area contributed by atoms with E-state index in [0.29, 0.717) is 25.2 Å². The van der Waals surface area contributed by atoms with Gasteiger partial charge in [0.05, 0.1) is 13.2 Å². The minimum atomic E-state index is -1.62. The van der Waals surface area contributed by atoms with Gasteiger partial charge in [0.25, 0.3) is 0 Å². The Morgan fingerprint density at radius 3 is 2.45 bits per heavy atom. The van der Waals surface area contributed by atoms with Crippen LogP contribution in [0.1, 0.15) is 85.0 Å². The molecule has 1 fully saturated rings. The predicted molar refractivity (Wildman–Crippen MR) is 111 cm³/mol. The van der Waals surface area contributed by atoms with E-state index in [0.717, 1.165) is 38.2 Å². The number of carbonyl (C=O) groups excluding carboxylic acids is 3. The molecular weight excluding hydrogens is 372 g/mol. The first-order valence-electron chi connectivity index (χ1n) is 11.1. The maximum absolute atomic E-state index is 13.0. The molecule has 0 radical (unpaired) electrons. The molecule has 6 heteroatoms. The summed E-state index contributed by atoms with van der Waals surface area (Å²) in [5.41, 5.74) is -1.62. The summed E-state index contributed by atoms with van der Waals surface area (Å²) >= 11 is 0. The van der Waals surface area contributed by atoms with Crippen LogP contribution in [0.4, 0.5) is 0 Å². The summed E-state index contributed by atoms with van der Waals surface area (Å²) in [7, 11) is 0. The van der Waals surface area contributed by atoms with Gasteiger partial charge in [-0.3, -0.25) is 4.79 Å². The molecule has 0 N–H and O–H groups in total. The highest BCUT2D eigenvalue weighted by molar-refractivity contribution is 5.92. The fourth-order valence-corrected chi connectivity index (χ4v) is 3.68. The van der Waals surface area contributed by atoms with Crippen molar-refractivity contribution in [3.8, 4) is 0 Å². The van der Waals surface area contributed by atoms with E-state index in [1.807, 2.05) is 6.92 Å². The molecule has 2 unspecified atom stereocenters. The van der Waals surface area contributed by atoms with Gasteiger partial charge in [-0.2, -0.15) is 0 Å². The lowest BCUT2D eigenvalue weighted by atomic mass is 9.75. The van der Waals surface area contributed by atoms with Crippen LogP contribution in [0.25, 0.3) is 0 Å². The van der Waals surface area contributed by atoms with Crippen LogP contribution in [0.5, 0.6) is 0 Å². The molecule has 0 heterocycles. The van der Waals surface area contributed by atoms with E-state index in [9.17, 15) is 14.4 Å². The smallest absolute Gasteiger partial charge is 0.351 e. The lowest BCUT2D eigenvalue weighted by Crippen LogP contribution is -2.55. The van der Waals surface area contributed by atoms with Crippen molar-refractivity contribution in [2.75, 3.05) is 13.2 Å². The minimum Gasteiger partial charge on any atom is -0.465 e. The predicted octanol–water partition coefficient (Wildman–Crippen LogP) is 4.75. The van der Waals surface area contributed by atoms with Gasteiger partial charge in [-0.15, -0.1) is 0 Å². The summed E-state index contributed by atoms with van der Waals surface area (Å²) in [5.74, 6) is -2.03. The molecular formula is C23H38O6. The van der Waals surface area contributed by atoms with Crippen LogP contribution in [0.3, 0.4) is 0 Å². The zero-order valence-corrected chi connectivity index (χ0v) is 18.4. The van der Waals surface area contributed by atoms with Crippen LogP contribution in [0.15, 0.2) is 12.7 Å². The first-order chi connectivity index (χ1) is 13.9. The van der Waals surface area contributed by atoms with Crippen molar-refractivity contribution in [3.63, 3.8) is 0 Å². The number of esters is 3. The van der Waals surface area contributed by atoms with Gasteiger partial charge >= 0.3 is 17.9 Å². The Kier molecular flexibility index (Phi) is 11.6. The lowest BCUT2D eigenvalue weighted by molar-refractivity contribution is -0.198. The third-order valence-corrected chi connectivity index (χ3v) is 5.29. The normalized spacial score (nSPS) is 21.4. The van der Waals surface area contributed by atoms with E-state index >= 15 is 0 Å². The van der Waals surface area contributed by atoms with Crippen molar-refractivity contribution in [1.29, 1.82) is 0 Å². The maximum Gasteiger partial charge on any atom is 0.351 e. The van der Waals surface area contributed by atoms with Crippen LogP contribution < -0.4 is 0 Å². The molecule has 1 rings (SSSR count). The minimum absolute atomic E-state index is 0.255. The number of rotatable bonds is 13. The Balaban J connectivity index is 2.75. The molecule has 6 nitrogen and oxygen atoms in total. The summed E-state index contributed by atoms with van der Waals surface area (Å²) in [6.07, 6.45) is 8.99. The average molecular weight is 411 g/mol. The third kappa shape index (κ3) is 8.19. The SMILES string of the molecule is C=CC(=O)OC1(C(=O)OCCCCCCC(C)C)CCCCC1C(=O)OCCC. The molecule has 0 spiro atoms. The second-order valence-corrected chi connectivity index (χ2v) is 8.21. The highest BCUT2D eigenvalue weighted by Gasteiger charge is 2.55. The Morgan fingerprint density at radius 2 is 1.79 bits per heavy atom. The topological polar surface area (TPSA) is 78.9 Å². The van der Waals surface area contributed by atoms with Gasteiger partial charge in [-0.1, -0.05) is 59.5 Å². The van der Waals surface area contributed by atoms with Crippen molar-refractivity contribution in [3.05, 3.63) is 12.7 Å². The second-order valence-electron chi connectivity index (χ2n) is 8.21. The van der Waals surface area contributed by atoms with Crippen molar-refractivity contribution < 1.29 is 28.6 Å². The molecule has 2 atom stereocenters. The average Bonchev–Trinajstić information content (AvgIpc) is 2.70. The van der Waals surface area contributed by atoms with Crippen molar-refractivity contribution in [2.24, 2.45) is 11.8 Å². The molecule has 0 aromatic heterocycles. The van der Waals surface area contributed by atoms with E-state index in [-0.39, 0.29) is 19.6 Å². The van der Waals surface area contributed by atoms with Gasteiger partial charge in [0.2, 0.25) is 5.60 Å². The fourth-order valence-electron chi connectivity index (χ4n) is 3.68. The third-order valence-electron chi connectivity index (χ3n) is 5.29. The summed E-state index contributed by atoms with van der Waals surface area (Å²) in [5, 5.41) is 0. The molecule has 1 saturated carbocycles. The first kappa shape index (κ1) is 25.2. The molecule has 0 aliphatic heterocycles. The molecule has 166 valence electrons. The Bertz CT molecular complexity index is 541. The van der Waals surface area contributed by atoms with Gasteiger partial charge in [0.1, 0.15) is 5.92 Å². The number of carbonyl (C=O) groups is 3. The molecule has 0 saturated heterocycles. The Morgan fingerprint density at radius 1 is 1.07 bits per heavy atom. The summed E-state index contributed by atoms with van der Waals surface area (Å²) in [6.45, 7) is 10.2. The van der Waals surface area contributed by atoms with Gasteiger partial charge in [0, 0.05) is 6.08 Å². The standard InChI is InChI=1S/C23H38O6/c1-5-16-27-21(25)19-14-10-11-15-23(19,29-20(24)6-2)22(26)28-17-12-8-7-9-13-18(3)4/h6,18-19H,2,5,7-17H2,1,3-4H3. The molecule has 0 amide bonds. The van der Waals surface area contributed by atoms with Crippen molar-refractivity contribution in [2.45, 2.75) is 90.6 Å². The van der Waals surface area contributed by atoms with Crippen LogP contribution in [-0.4, -0.2) is 36.7 Å². The quantitative estimate of drug-likeness (QED) is 0.189. The Hall–Kier alpha value is -1.85. The number of hydrogen-bond acceptors (Lipinski definition) is 6.